The largest absolute Gasteiger partial charge is 0.489 e. The number of hydrogen-bond donors (Lipinski definition) is 1. The van der Waals surface area contributed by atoms with Crippen LogP contribution in [0.3, 0.4) is 0 Å². The second kappa shape index (κ2) is 7.12. The van der Waals surface area contributed by atoms with Gasteiger partial charge in [-0.15, -0.1) is 0 Å². The van der Waals surface area contributed by atoms with Crippen LogP contribution in [0, 0.1) is 5.82 Å². The van der Waals surface area contributed by atoms with E-state index in [9.17, 15) is 4.39 Å². The lowest BCUT2D eigenvalue weighted by Crippen LogP contribution is -2.14. The van der Waals surface area contributed by atoms with Gasteiger partial charge >= 0.3 is 0 Å². The fourth-order valence-corrected chi connectivity index (χ4v) is 2.26. The molecule has 2 aromatic rings. The smallest absolute Gasteiger partial charge is 0.124 e. The van der Waals surface area contributed by atoms with Crippen molar-refractivity contribution in [2.24, 2.45) is 0 Å². The minimum Gasteiger partial charge on any atom is -0.489 e. The third-order valence-electron chi connectivity index (χ3n) is 3.25. The molecule has 0 aliphatic heterocycles. The molecule has 2 aromatic carbocycles. The Hall–Kier alpha value is -1.29. The standard InChI is InChI=1S/C16H16Cl2FNO/c1-10(20-2)13-8-12(19)4-6-16(13)21-9-11-3-5-14(17)15(18)7-11/h3-8,10,20H,9H2,1-2H3. The van der Waals surface area contributed by atoms with Gasteiger partial charge in [0.1, 0.15) is 18.2 Å². The van der Waals surface area contributed by atoms with Crippen molar-refractivity contribution < 1.29 is 9.13 Å². The zero-order chi connectivity index (χ0) is 15.4. The van der Waals surface area contributed by atoms with E-state index in [0.717, 1.165) is 11.1 Å². The molecule has 0 saturated heterocycles. The lowest BCUT2D eigenvalue weighted by molar-refractivity contribution is 0.299. The minimum absolute atomic E-state index is 0.00972. The number of hydrogen-bond acceptors (Lipinski definition) is 2. The van der Waals surface area contributed by atoms with E-state index in [0.29, 0.717) is 22.4 Å². The molecule has 0 fully saturated rings. The van der Waals surface area contributed by atoms with E-state index in [-0.39, 0.29) is 11.9 Å². The number of rotatable bonds is 5. The molecule has 0 radical (unpaired) electrons. The second-order valence-electron chi connectivity index (χ2n) is 4.73. The van der Waals surface area contributed by atoms with Crippen LogP contribution < -0.4 is 10.1 Å². The monoisotopic (exact) mass is 327 g/mol. The first-order valence-corrected chi connectivity index (χ1v) is 7.30. The van der Waals surface area contributed by atoms with Gasteiger partial charge in [0, 0.05) is 11.6 Å². The molecule has 5 heteroatoms. The van der Waals surface area contributed by atoms with Crippen LogP contribution >= 0.6 is 23.2 Å². The minimum atomic E-state index is -0.283. The van der Waals surface area contributed by atoms with Crippen LogP contribution in [-0.2, 0) is 6.61 Å². The van der Waals surface area contributed by atoms with Gasteiger partial charge in [0.2, 0.25) is 0 Å². The third-order valence-corrected chi connectivity index (χ3v) is 3.99. The Balaban J connectivity index is 2.17. The van der Waals surface area contributed by atoms with Crippen molar-refractivity contribution in [1.29, 1.82) is 0 Å². The van der Waals surface area contributed by atoms with Gasteiger partial charge in [0.05, 0.1) is 10.0 Å². The van der Waals surface area contributed by atoms with Crippen molar-refractivity contribution in [1.82, 2.24) is 5.32 Å². The highest BCUT2D eigenvalue weighted by Crippen LogP contribution is 2.28. The molecule has 0 aliphatic carbocycles. The highest BCUT2D eigenvalue weighted by molar-refractivity contribution is 6.42. The third kappa shape index (κ3) is 4.10. The van der Waals surface area contributed by atoms with E-state index >= 15 is 0 Å². The lowest BCUT2D eigenvalue weighted by Gasteiger charge is -2.17. The van der Waals surface area contributed by atoms with Gasteiger partial charge in [-0.3, -0.25) is 0 Å². The highest BCUT2D eigenvalue weighted by atomic mass is 35.5. The van der Waals surface area contributed by atoms with Crippen LogP contribution in [0.2, 0.25) is 10.0 Å². The summed E-state index contributed by atoms with van der Waals surface area (Å²) in [5, 5.41) is 4.07. The Morgan fingerprint density at radius 2 is 1.90 bits per heavy atom. The van der Waals surface area contributed by atoms with Gasteiger partial charge in [0.25, 0.3) is 0 Å². The second-order valence-corrected chi connectivity index (χ2v) is 5.54. The van der Waals surface area contributed by atoms with Gasteiger partial charge in [0.15, 0.2) is 0 Å². The van der Waals surface area contributed by atoms with Crippen molar-refractivity contribution in [3.63, 3.8) is 0 Å². The molecule has 0 heterocycles. The molecule has 0 aliphatic rings. The predicted octanol–water partition coefficient (Wildman–Crippen LogP) is 4.99. The van der Waals surface area contributed by atoms with Crippen molar-refractivity contribution >= 4 is 23.2 Å². The van der Waals surface area contributed by atoms with Crippen LogP contribution in [-0.4, -0.2) is 7.05 Å². The normalized spacial score (nSPS) is 12.2. The SMILES string of the molecule is CNC(C)c1cc(F)ccc1OCc1ccc(Cl)c(Cl)c1. The fraction of sp³-hybridized carbons (Fsp3) is 0.250. The zero-order valence-electron chi connectivity index (χ0n) is 11.8. The van der Waals surface area contributed by atoms with E-state index in [1.807, 2.05) is 20.0 Å². The van der Waals surface area contributed by atoms with E-state index in [4.69, 9.17) is 27.9 Å². The quantitative estimate of drug-likeness (QED) is 0.835. The Morgan fingerprint density at radius 1 is 1.14 bits per heavy atom. The first-order chi connectivity index (χ1) is 10.0. The lowest BCUT2D eigenvalue weighted by atomic mass is 10.1. The Labute approximate surface area is 133 Å². The van der Waals surface area contributed by atoms with E-state index in [1.54, 1.807) is 18.2 Å². The van der Waals surface area contributed by atoms with E-state index < -0.39 is 0 Å². The summed E-state index contributed by atoms with van der Waals surface area (Å²) in [6.45, 7) is 2.28. The fourth-order valence-electron chi connectivity index (χ4n) is 1.94. The average molecular weight is 328 g/mol. The average Bonchev–Trinajstić information content (AvgIpc) is 2.48. The molecule has 2 rings (SSSR count). The van der Waals surface area contributed by atoms with Gasteiger partial charge in [-0.2, -0.15) is 0 Å². The first kappa shape index (κ1) is 16.1. The van der Waals surface area contributed by atoms with E-state index in [2.05, 4.69) is 5.32 Å². The molecule has 0 saturated carbocycles. The molecule has 0 bridgehead atoms. The summed E-state index contributed by atoms with van der Waals surface area (Å²) in [4.78, 5) is 0. The Morgan fingerprint density at radius 3 is 2.57 bits per heavy atom. The first-order valence-electron chi connectivity index (χ1n) is 6.54. The molecule has 21 heavy (non-hydrogen) atoms. The van der Waals surface area contributed by atoms with E-state index in [1.165, 1.54) is 12.1 Å². The predicted molar refractivity (Wildman–Crippen MR) is 84.7 cm³/mol. The van der Waals surface area contributed by atoms with Crippen LogP contribution in [0.15, 0.2) is 36.4 Å². The molecule has 112 valence electrons. The van der Waals surface area contributed by atoms with Crippen LogP contribution in [0.1, 0.15) is 24.1 Å². The number of ether oxygens (including phenoxy) is 1. The summed E-state index contributed by atoms with van der Waals surface area (Å²) in [5.74, 6) is 0.360. The number of nitrogens with one attached hydrogen (secondary N) is 1. The molecular weight excluding hydrogens is 312 g/mol. The highest BCUT2D eigenvalue weighted by Gasteiger charge is 2.12. The van der Waals surface area contributed by atoms with Gasteiger partial charge in [-0.05, 0) is 49.9 Å². The summed E-state index contributed by atoms with van der Waals surface area (Å²) < 4.78 is 19.2. The molecule has 0 spiro atoms. The van der Waals surface area contributed by atoms with Crippen LogP contribution in [0.25, 0.3) is 0 Å². The van der Waals surface area contributed by atoms with Crippen LogP contribution in [0.4, 0.5) is 4.39 Å². The summed E-state index contributed by atoms with van der Waals surface area (Å²) >= 11 is 11.9. The maximum Gasteiger partial charge on any atom is 0.124 e. The molecule has 2 nitrogen and oxygen atoms in total. The Kier molecular flexibility index (Phi) is 5.45. The van der Waals surface area contributed by atoms with Gasteiger partial charge < -0.3 is 10.1 Å². The Bertz CT molecular complexity index is 634. The van der Waals surface area contributed by atoms with Gasteiger partial charge in [-0.25, -0.2) is 4.39 Å². The van der Waals surface area contributed by atoms with Crippen molar-refractivity contribution in [2.45, 2.75) is 19.6 Å². The molecule has 1 atom stereocenters. The molecule has 1 N–H and O–H groups in total. The molecule has 0 aromatic heterocycles. The topological polar surface area (TPSA) is 21.3 Å². The summed E-state index contributed by atoms with van der Waals surface area (Å²) in [5.41, 5.74) is 1.68. The summed E-state index contributed by atoms with van der Waals surface area (Å²) in [6, 6.07) is 9.82. The molecular formula is C16H16Cl2FNO. The van der Waals surface area contributed by atoms with Crippen LogP contribution in [0.5, 0.6) is 5.75 Å². The van der Waals surface area contributed by atoms with Crippen molar-refractivity contribution in [3.05, 3.63) is 63.4 Å². The zero-order valence-corrected chi connectivity index (χ0v) is 13.3. The maximum absolute atomic E-state index is 13.4. The van der Waals surface area contributed by atoms with Crippen molar-refractivity contribution in [2.75, 3.05) is 7.05 Å². The maximum atomic E-state index is 13.4. The van der Waals surface area contributed by atoms with Crippen molar-refractivity contribution in [3.8, 4) is 5.75 Å². The number of halogens is 3. The summed E-state index contributed by atoms with van der Waals surface area (Å²) in [7, 11) is 1.82. The number of benzene rings is 2. The molecule has 0 amide bonds. The van der Waals surface area contributed by atoms with Gasteiger partial charge in [-0.1, -0.05) is 29.3 Å². The summed E-state index contributed by atoms with van der Waals surface area (Å²) in [6.07, 6.45) is 0. The molecule has 1 unspecified atom stereocenters.